The second-order valence-corrected chi connectivity index (χ2v) is 13.5. The molecule has 2 unspecified atom stereocenters. The van der Waals surface area contributed by atoms with Gasteiger partial charge in [-0.1, -0.05) is 119 Å². The second kappa shape index (κ2) is 16.2. The van der Waals surface area contributed by atoms with Gasteiger partial charge in [-0.2, -0.15) is 0 Å². The van der Waals surface area contributed by atoms with Crippen LogP contribution in [0.2, 0.25) is 0 Å². The number of carbonyl (C=O) groups is 1. The number of aliphatic hydroxyl groups is 1. The van der Waals surface area contributed by atoms with Crippen LogP contribution in [0.25, 0.3) is 0 Å². The maximum absolute atomic E-state index is 14.3. The van der Waals surface area contributed by atoms with Crippen LogP contribution in [-0.4, -0.2) is 29.9 Å². The Morgan fingerprint density at radius 2 is 1.08 bits per heavy atom. The molecule has 252 valence electrons. The SMILES string of the molecule is Cc1cccc(COC2=C(OCc3cccc(C)c3)C(C(CO)OP(=O)(OCc3cccc(C)c3)OCc3cccc(C)c3)OC2=O)c1. The highest BCUT2D eigenvalue weighted by Crippen LogP contribution is 2.53. The van der Waals surface area contributed by atoms with E-state index < -0.39 is 32.6 Å². The third-order valence-electron chi connectivity index (χ3n) is 7.57. The van der Waals surface area contributed by atoms with Crippen molar-refractivity contribution in [3.05, 3.63) is 153 Å². The van der Waals surface area contributed by atoms with Crippen molar-refractivity contribution in [2.45, 2.75) is 66.3 Å². The zero-order chi connectivity index (χ0) is 34.1. The summed E-state index contributed by atoms with van der Waals surface area (Å²) in [5.41, 5.74) is 7.24. The number of carbonyl (C=O) groups excluding carboxylic acids is 1. The third kappa shape index (κ3) is 9.66. The first-order valence-corrected chi connectivity index (χ1v) is 17.2. The summed E-state index contributed by atoms with van der Waals surface area (Å²) in [6, 6.07) is 30.4. The zero-order valence-corrected chi connectivity index (χ0v) is 28.5. The molecule has 4 aromatic carbocycles. The first-order chi connectivity index (χ1) is 23.1. The summed E-state index contributed by atoms with van der Waals surface area (Å²) in [5, 5.41) is 10.6. The predicted octanol–water partition coefficient (Wildman–Crippen LogP) is 7.71. The number of hydrogen-bond acceptors (Lipinski definition) is 9. The number of ether oxygens (including phenoxy) is 3. The zero-order valence-electron chi connectivity index (χ0n) is 27.6. The molecule has 1 heterocycles. The maximum atomic E-state index is 14.3. The summed E-state index contributed by atoms with van der Waals surface area (Å²) >= 11 is 0. The van der Waals surface area contributed by atoms with Crippen LogP contribution in [0.4, 0.5) is 0 Å². The van der Waals surface area contributed by atoms with Crippen LogP contribution < -0.4 is 0 Å². The summed E-state index contributed by atoms with van der Waals surface area (Å²) in [6.45, 7) is 7.06. The van der Waals surface area contributed by atoms with E-state index in [0.29, 0.717) is 0 Å². The van der Waals surface area contributed by atoms with Crippen molar-refractivity contribution in [1.29, 1.82) is 0 Å². The standard InChI is InChI=1S/C38H41O9P/c1-26-9-5-13-30(17-26)22-42-36-35(46-38(40)37(36)43-23-31-14-6-10-27(2)18-31)34(21-39)47-48(41,44-24-32-15-7-11-28(3)19-32)45-25-33-16-8-12-29(4)20-33/h5-20,34-35,39H,21-25H2,1-4H3. The lowest BCUT2D eigenvalue weighted by Gasteiger charge is -2.27. The van der Waals surface area contributed by atoms with E-state index in [1.807, 2.05) is 125 Å². The predicted molar refractivity (Wildman–Crippen MR) is 180 cm³/mol. The molecule has 4 aromatic rings. The minimum Gasteiger partial charge on any atom is -0.485 e. The summed E-state index contributed by atoms with van der Waals surface area (Å²) < 4.78 is 49.8. The molecule has 0 amide bonds. The van der Waals surface area contributed by atoms with E-state index in [-0.39, 0.29) is 37.9 Å². The number of cyclic esters (lactones) is 1. The van der Waals surface area contributed by atoms with Crippen molar-refractivity contribution in [2.24, 2.45) is 0 Å². The first-order valence-electron chi connectivity index (χ1n) is 15.7. The molecule has 0 radical (unpaired) electrons. The summed E-state index contributed by atoms with van der Waals surface area (Å²) in [5.74, 6) is -0.949. The van der Waals surface area contributed by atoms with Gasteiger partial charge in [-0.3, -0.25) is 13.6 Å². The molecule has 0 aliphatic carbocycles. The molecule has 0 saturated heterocycles. The van der Waals surface area contributed by atoms with Crippen molar-refractivity contribution in [2.75, 3.05) is 6.61 Å². The lowest BCUT2D eigenvalue weighted by atomic mass is 10.1. The minimum atomic E-state index is -4.39. The van der Waals surface area contributed by atoms with Crippen molar-refractivity contribution >= 4 is 13.8 Å². The van der Waals surface area contributed by atoms with Crippen LogP contribution in [0.5, 0.6) is 0 Å². The molecule has 1 aliphatic rings. The molecule has 2 atom stereocenters. The largest absolute Gasteiger partial charge is 0.485 e. The second-order valence-electron chi connectivity index (χ2n) is 11.9. The fourth-order valence-corrected chi connectivity index (χ4v) is 6.57. The average molecular weight is 673 g/mol. The van der Waals surface area contributed by atoms with Gasteiger partial charge in [0.2, 0.25) is 5.76 Å². The van der Waals surface area contributed by atoms with Gasteiger partial charge < -0.3 is 19.3 Å². The van der Waals surface area contributed by atoms with E-state index in [1.54, 1.807) is 0 Å². The van der Waals surface area contributed by atoms with Gasteiger partial charge >= 0.3 is 13.8 Å². The van der Waals surface area contributed by atoms with Gasteiger partial charge in [-0.25, -0.2) is 9.36 Å². The quantitative estimate of drug-likeness (QED) is 0.0946. The Balaban J connectivity index is 1.42. The van der Waals surface area contributed by atoms with Crippen LogP contribution in [0.3, 0.4) is 0 Å². The lowest BCUT2D eigenvalue weighted by Crippen LogP contribution is -2.35. The summed E-state index contributed by atoms with van der Waals surface area (Å²) in [4.78, 5) is 13.3. The topological polar surface area (TPSA) is 110 Å². The number of hydrogen-bond donors (Lipinski definition) is 1. The van der Waals surface area contributed by atoms with Gasteiger partial charge in [-0.15, -0.1) is 0 Å². The highest BCUT2D eigenvalue weighted by molar-refractivity contribution is 7.48. The molecule has 0 fully saturated rings. The smallest absolute Gasteiger partial charge is 0.475 e. The van der Waals surface area contributed by atoms with E-state index in [1.165, 1.54) is 0 Å². The molecule has 48 heavy (non-hydrogen) atoms. The van der Waals surface area contributed by atoms with E-state index in [0.717, 1.165) is 44.5 Å². The monoisotopic (exact) mass is 672 g/mol. The third-order valence-corrected chi connectivity index (χ3v) is 8.99. The summed E-state index contributed by atoms with van der Waals surface area (Å²) in [6.07, 6.45) is -2.69. The molecule has 9 nitrogen and oxygen atoms in total. The Labute approximate surface area is 281 Å². The average Bonchev–Trinajstić information content (AvgIpc) is 3.38. The maximum Gasteiger partial charge on any atom is 0.475 e. The molecule has 5 rings (SSSR count). The number of phosphoric ester groups is 1. The van der Waals surface area contributed by atoms with Crippen LogP contribution in [-0.2, 0) is 63.6 Å². The molecular weight excluding hydrogens is 631 g/mol. The van der Waals surface area contributed by atoms with Gasteiger partial charge in [0.15, 0.2) is 11.9 Å². The molecule has 1 aliphatic heterocycles. The molecule has 0 spiro atoms. The van der Waals surface area contributed by atoms with Gasteiger partial charge in [0, 0.05) is 0 Å². The van der Waals surface area contributed by atoms with Crippen molar-refractivity contribution in [3.63, 3.8) is 0 Å². The van der Waals surface area contributed by atoms with E-state index in [4.69, 9.17) is 27.8 Å². The highest BCUT2D eigenvalue weighted by Gasteiger charge is 2.46. The Kier molecular flexibility index (Phi) is 11.9. The van der Waals surface area contributed by atoms with Gasteiger partial charge in [0.05, 0.1) is 19.8 Å². The van der Waals surface area contributed by atoms with Crippen molar-refractivity contribution < 1.29 is 42.2 Å². The first kappa shape index (κ1) is 35.1. The summed E-state index contributed by atoms with van der Waals surface area (Å²) in [7, 11) is -4.39. The van der Waals surface area contributed by atoms with Crippen molar-refractivity contribution in [1.82, 2.24) is 0 Å². The Bertz CT molecular complexity index is 1750. The van der Waals surface area contributed by atoms with Crippen LogP contribution >= 0.6 is 7.82 Å². The van der Waals surface area contributed by atoms with Crippen LogP contribution in [0.15, 0.2) is 109 Å². The van der Waals surface area contributed by atoms with E-state index in [9.17, 15) is 14.5 Å². The number of aliphatic hydroxyl groups excluding tert-OH is 1. The number of benzene rings is 4. The number of rotatable bonds is 16. The normalized spacial score (nSPS) is 15.4. The fourth-order valence-electron chi connectivity index (χ4n) is 5.25. The highest BCUT2D eigenvalue weighted by atomic mass is 31.2. The number of phosphoric acid groups is 1. The fraction of sp³-hybridized carbons (Fsp3) is 0.289. The Hall–Kier alpha value is -4.24. The van der Waals surface area contributed by atoms with Gasteiger partial charge in [0.1, 0.15) is 19.3 Å². The van der Waals surface area contributed by atoms with Gasteiger partial charge in [0.25, 0.3) is 0 Å². The van der Waals surface area contributed by atoms with E-state index >= 15 is 0 Å². The molecule has 10 heteroatoms. The molecule has 0 aromatic heterocycles. The van der Waals surface area contributed by atoms with Crippen LogP contribution in [0.1, 0.15) is 44.5 Å². The minimum absolute atomic E-state index is 0.0112. The Morgan fingerprint density at radius 1 is 0.667 bits per heavy atom. The molecule has 1 N–H and O–H groups in total. The van der Waals surface area contributed by atoms with E-state index in [2.05, 4.69) is 0 Å². The number of esters is 1. The van der Waals surface area contributed by atoms with Crippen molar-refractivity contribution in [3.8, 4) is 0 Å². The number of aryl methyl sites for hydroxylation is 4. The van der Waals surface area contributed by atoms with Crippen LogP contribution in [0, 0.1) is 27.7 Å². The van der Waals surface area contributed by atoms with Gasteiger partial charge in [-0.05, 0) is 49.9 Å². The molecule has 0 saturated carbocycles. The molecular formula is C38H41O9P. The Morgan fingerprint density at radius 3 is 1.50 bits per heavy atom. The molecule has 0 bridgehead atoms. The lowest BCUT2D eigenvalue weighted by molar-refractivity contribution is -0.148.